The Kier molecular flexibility index (Phi) is 6.68. The van der Waals surface area contributed by atoms with Gasteiger partial charge in [-0.15, -0.1) is 11.8 Å². The zero-order chi connectivity index (χ0) is 21.8. The van der Waals surface area contributed by atoms with Crippen molar-refractivity contribution < 1.29 is 27.4 Å². The van der Waals surface area contributed by atoms with Gasteiger partial charge in [-0.3, -0.25) is 10.1 Å². The van der Waals surface area contributed by atoms with Gasteiger partial charge in [-0.25, -0.2) is 4.98 Å². The highest BCUT2D eigenvalue weighted by Crippen LogP contribution is 2.31. The number of carbonyl (C=O) groups excluding carboxylic acids is 1. The Balaban J connectivity index is 1.44. The lowest BCUT2D eigenvalue weighted by Gasteiger charge is -2.11. The number of ether oxygens (including phenoxy) is 2. The number of rotatable bonds is 7. The van der Waals surface area contributed by atoms with Gasteiger partial charge in [0.25, 0.3) is 5.91 Å². The molecule has 1 aliphatic rings. The number of aromatic nitrogens is 1. The summed E-state index contributed by atoms with van der Waals surface area (Å²) < 4.78 is 48.1. The van der Waals surface area contributed by atoms with Gasteiger partial charge >= 0.3 is 6.18 Å². The summed E-state index contributed by atoms with van der Waals surface area (Å²) in [6.45, 7) is -0.574. The van der Waals surface area contributed by atoms with Crippen molar-refractivity contribution in [3.05, 3.63) is 48.0 Å². The maximum absolute atomic E-state index is 12.8. The first-order valence-electron chi connectivity index (χ1n) is 9.62. The Labute approximate surface area is 185 Å². The van der Waals surface area contributed by atoms with Gasteiger partial charge in [0.05, 0.1) is 21.9 Å². The second kappa shape index (κ2) is 9.46. The smallest absolute Gasteiger partial charge is 0.422 e. The van der Waals surface area contributed by atoms with Crippen LogP contribution in [0.1, 0.15) is 23.2 Å². The van der Waals surface area contributed by atoms with Crippen LogP contribution in [0.4, 0.5) is 18.3 Å². The molecule has 164 valence electrons. The molecule has 1 saturated heterocycles. The molecule has 31 heavy (non-hydrogen) atoms. The first-order valence-corrected chi connectivity index (χ1v) is 11.4. The molecule has 1 aromatic heterocycles. The number of thiazole rings is 1. The highest BCUT2D eigenvalue weighted by atomic mass is 32.2. The topological polar surface area (TPSA) is 60.5 Å². The van der Waals surface area contributed by atoms with E-state index in [9.17, 15) is 18.0 Å². The molecule has 1 unspecified atom stereocenters. The Morgan fingerprint density at radius 3 is 2.90 bits per heavy atom. The van der Waals surface area contributed by atoms with E-state index in [0.29, 0.717) is 20.9 Å². The molecule has 0 aliphatic carbocycles. The van der Waals surface area contributed by atoms with Gasteiger partial charge in [0, 0.05) is 17.3 Å². The lowest BCUT2D eigenvalue weighted by Crippen LogP contribution is -2.19. The standard InChI is InChI=1S/C21H19F3N2O3S2/c22-21(23,24)12-29-13-7-8-16-18(10-13)31-20(25-16)26-19(27)15-5-1-2-6-17(15)30-11-14-4-3-9-28-14/h1-2,5-8,10,14H,3-4,9,11-12H2,(H,25,26,27). The highest BCUT2D eigenvalue weighted by molar-refractivity contribution is 7.99. The number of thioether (sulfide) groups is 1. The number of nitrogens with one attached hydrogen (secondary N) is 1. The van der Waals surface area contributed by atoms with Gasteiger partial charge in [-0.1, -0.05) is 23.5 Å². The summed E-state index contributed by atoms with van der Waals surface area (Å²) in [5.41, 5.74) is 1.11. The third kappa shape index (κ3) is 5.90. The Morgan fingerprint density at radius 1 is 1.29 bits per heavy atom. The average Bonchev–Trinajstić information content (AvgIpc) is 3.39. The van der Waals surface area contributed by atoms with Crippen LogP contribution in [0.3, 0.4) is 0 Å². The van der Waals surface area contributed by atoms with Crippen LogP contribution in [0.15, 0.2) is 47.4 Å². The van der Waals surface area contributed by atoms with Gasteiger partial charge in [-0.05, 0) is 43.2 Å². The summed E-state index contributed by atoms with van der Waals surface area (Å²) in [4.78, 5) is 18.1. The molecule has 0 radical (unpaired) electrons. The van der Waals surface area contributed by atoms with E-state index in [2.05, 4.69) is 10.3 Å². The number of carbonyl (C=O) groups is 1. The molecule has 0 bridgehead atoms. The zero-order valence-corrected chi connectivity index (χ0v) is 17.9. The molecule has 3 aromatic rings. The summed E-state index contributed by atoms with van der Waals surface area (Å²) in [5, 5.41) is 3.16. The van der Waals surface area contributed by atoms with Crippen molar-refractivity contribution in [2.24, 2.45) is 0 Å². The molecule has 1 aliphatic heterocycles. The van der Waals surface area contributed by atoms with Crippen molar-refractivity contribution in [1.82, 2.24) is 4.98 Å². The van der Waals surface area contributed by atoms with Crippen LogP contribution in [-0.4, -0.2) is 42.1 Å². The molecule has 2 aromatic carbocycles. The number of alkyl halides is 3. The number of benzene rings is 2. The Hall–Kier alpha value is -2.30. The summed E-state index contributed by atoms with van der Waals surface area (Å²) in [6, 6.07) is 11.8. The van der Waals surface area contributed by atoms with E-state index >= 15 is 0 Å². The number of hydrogen-bond donors (Lipinski definition) is 1. The monoisotopic (exact) mass is 468 g/mol. The van der Waals surface area contributed by atoms with Gasteiger partial charge in [-0.2, -0.15) is 13.2 Å². The predicted molar refractivity (Wildman–Crippen MR) is 115 cm³/mol. The summed E-state index contributed by atoms with van der Waals surface area (Å²) in [6.07, 6.45) is -2.11. The highest BCUT2D eigenvalue weighted by Gasteiger charge is 2.28. The quantitative estimate of drug-likeness (QED) is 0.447. The number of nitrogens with zero attached hydrogens (tertiary/aromatic N) is 1. The first kappa shape index (κ1) is 21.9. The minimum atomic E-state index is -4.41. The molecule has 4 rings (SSSR count). The molecular weight excluding hydrogens is 449 g/mol. The van der Waals surface area contributed by atoms with Crippen LogP contribution in [0, 0.1) is 0 Å². The van der Waals surface area contributed by atoms with Crippen LogP contribution in [0.2, 0.25) is 0 Å². The van der Waals surface area contributed by atoms with E-state index < -0.39 is 12.8 Å². The van der Waals surface area contributed by atoms with Crippen LogP contribution in [0.25, 0.3) is 10.2 Å². The fourth-order valence-electron chi connectivity index (χ4n) is 3.12. The van der Waals surface area contributed by atoms with E-state index in [-0.39, 0.29) is 17.8 Å². The van der Waals surface area contributed by atoms with Crippen LogP contribution < -0.4 is 10.1 Å². The SMILES string of the molecule is O=C(Nc1nc2ccc(OCC(F)(F)F)cc2s1)c1ccccc1SCC1CCCO1. The number of fused-ring (bicyclic) bond motifs is 1. The third-order valence-electron chi connectivity index (χ3n) is 4.56. The van der Waals surface area contributed by atoms with Crippen LogP contribution in [0.5, 0.6) is 5.75 Å². The third-order valence-corrected chi connectivity index (χ3v) is 6.70. The molecular formula is C21H19F3N2O3S2. The van der Waals surface area contributed by atoms with Crippen molar-refractivity contribution in [2.75, 3.05) is 24.3 Å². The van der Waals surface area contributed by atoms with Crippen molar-refractivity contribution in [3.63, 3.8) is 0 Å². The van der Waals surface area contributed by atoms with Crippen LogP contribution >= 0.6 is 23.1 Å². The second-order valence-corrected chi connectivity index (χ2v) is 9.04. The predicted octanol–water partition coefficient (Wildman–Crippen LogP) is 5.76. The largest absolute Gasteiger partial charge is 0.484 e. The maximum Gasteiger partial charge on any atom is 0.422 e. The fourth-order valence-corrected chi connectivity index (χ4v) is 5.13. The molecule has 0 saturated carbocycles. The molecule has 1 atom stereocenters. The summed E-state index contributed by atoms with van der Waals surface area (Å²) in [7, 11) is 0. The minimum Gasteiger partial charge on any atom is -0.484 e. The fraction of sp³-hybridized carbons (Fsp3) is 0.333. The molecule has 0 spiro atoms. The van der Waals surface area contributed by atoms with E-state index in [1.54, 1.807) is 30.0 Å². The molecule has 1 N–H and O–H groups in total. The number of hydrogen-bond acceptors (Lipinski definition) is 6. The van der Waals surface area contributed by atoms with Gasteiger partial charge in [0.1, 0.15) is 5.75 Å². The maximum atomic E-state index is 12.8. The Morgan fingerprint density at radius 2 is 2.13 bits per heavy atom. The number of amides is 1. The molecule has 5 nitrogen and oxygen atoms in total. The summed E-state index contributed by atoms with van der Waals surface area (Å²) in [5.74, 6) is 0.594. The van der Waals surface area contributed by atoms with Crippen molar-refractivity contribution in [3.8, 4) is 5.75 Å². The van der Waals surface area contributed by atoms with E-state index in [1.165, 1.54) is 23.5 Å². The van der Waals surface area contributed by atoms with Gasteiger partial charge < -0.3 is 9.47 Å². The molecule has 1 amide bonds. The minimum absolute atomic E-state index is 0.0993. The van der Waals surface area contributed by atoms with Crippen molar-refractivity contribution in [2.45, 2.75) is 30.0 Å². The zero-order valence-electron chi connectivity index (χ0n) is 16.3. The van der Waals surface area contributed by atoms with E-state index in [1.807, 2.05) is 12.1 Å². The molecule has 2 heterocycles. The van der Waals surface area contributed by atoms with E-state index in [4.69, 9.17) is 9.47 Å². The lowest BCUT2D eigenvalue weighted by atomic mass is 10.2. The van der Waals surface area contributed by atoms with Crippen LogP contribution in [-0.2, 0) is 4.74 Å². The van der Waals surface area contributed by atoms with Crippen molar-refractivity contribution in [1.29, 1.82) is 0 Å². The van der Waals surface area contributed by atoms with Crippen molar-refractivity contribution >= 4 is 44.4 Å². The second-order valence-electron chi connectivity index (χ2n) is 6.95. The lowest BCUT2D eigenvalue weighted by molar-refractivity contribution is -0.153. The van der Waals surface area contributed by atoms with Gasteiger partial charge in [0.15, 0.2) is 11.7 Å². The number of halogens is 3. The summed E-state index contributed by atoms with van der Waals surface area (Å²) >= 11 is 2.76. The molecule has 1 fully saturated rings. The number of anilines is 1. The van der Waals surface area contributed by atoms with E-state index in [0.717, 1.165) is 30.1 Å². The first-order chi connectivity index (χ1) is 14.9. The Bertz CT molecular complexity index is 1070. The average molecular weight is 469 g/mol. The normalized spacial score (nSPS) is 16.5. The van der Waals surface area contributed by atoms with Gasteiger partial charge in [0.2, 0.25) is 0 Å². The molecule has 10 heteroatoms.